The molecule has 1 fully saturated rings. The molecule has 6 nitrogen and oxygen atoms in total. The van der Waals surface area contributed by atoms with Gasteiger partial charge in [0.2, 0.25) is 5.91 Å². The van der Waals surface area contributed by atoms with E-state index in [1.54, 1.807) is 0 Å². The van der Waals surface area contributed by atoms with E-state index in [0.717, 1.165) is 17.2 Å². The van der Waals surface area contributed by atoms with Gasteiger partial charge in [-0.2, -0.15) is 0 Å². The van der Waals surface area contributed by atoms with Gasteiger partial charge in [0.1, 0.15) is 17.4 Å². The number of carbonyl (C=O) groups excluding carboxylic acids is 1. The van der Waals surface area contributed by atoms with Crippen molar-refractivity contribution in [2.24, 2.45) is 0 Å². The van der Waals surface area contributed by atoms with Crippen LogP contribution in [0.2, 0.25) is 5.15 Å². The first-order valence-electron chi connectivity index (χ1n) is 6.03. The number of pyridine rings is 1. The van der Waals surface area contributed by atoms with Crippen LogP contribution >= 0.6 is 11.6 Å². The third-order valence-corrected chi connectivity index (χ3v) is 3.48. The molecule has 0 unspecified atom stereocenters. The van der Waals surface area contributed by atoms with Gasteiger partial charge in [0, 0.05) is 19.5 Å². The number of alkyl halides is 1. The van der Waals surface area contributed by atoms with Crippen molar-refractivity contribution in [3.63, 3.8) is 0 Å². The second-order valence-electron chi connectivity index (χ2n) is 4.64. The van der Waals surface area contributed by atoms with Crippen molar-refractivity contribution in [2.45, 2.75) is 18.6 Å². The number of carbonyl (C=O) groups is 2. The number of amides is 2. The maximum Gasteiger partial charge on any atom is 0.408 e. The van der Waals surface area contributed by atoms with Crippen LogP contribution in [-0.2, 0) is 4.79 Å². The Morgan fingerprint density at radius 2 is 2.24 bits per heavy atom. The molecule has 1 aliphatic heterocycles. The number of hydrogen-bond acceptors (Lipinski definition) is 3. The van der Waals surface area contributed by atoms with Crippen LogP contribution < -0.4 is 4.90 Å². The Labute approximate surface area is 123 Å². The summed E-state index contributed by atoms with van der Waals surface area (Å²) in [5.74, 6) is -1.51. The zero-order chi connectivity index (χ0) is 15.7. The Bertz CT molecular complexity index is 587. The Kier molecular flexibility index (Phi) is 4.26. The minimum absolute atomic E-state index is 0.0177. The quantitative estimate of drug-likeness (QED) is 0.845. The van der Waals surface area contributed by atoms with Gasteiger partial charge in [-0.1, -0.05) is 11.6 Å². The maximum absolute atomic E-state index is 13.7. The standard InChI is InChI=1S/C12H12ClF2N3O3/c1-17(8-3-10(13)16-4-7(8)15)11(19)9-2-6(14)5-18(9)12(20)21/h3-4,6,9H,2,5H2,1H3,(H,20,21)/t6-,9+/m1/s1. The lowest BCUT2D eigenvalue weighted by molar-refractivity contribution is -0.122. The summed E-state index contributed by atoms with van der Waals surface area (Å²) in [5.41, 5.74) is -0.146. The SMILES string of the molecule is CN(C(=O)[C@@H]1C[C@@H](F)CN1C(=O)O)c1cc(Cl)ncc1F. The zero-order valence-corrected chi connectivity index (χ0v) is 11.7. The fourth-order valence-electron chi connectivity index (χ4n) is 2.23. The van der Waals surface area contributed by atoms with Gasteiger partial charge in [0.25, 0.3) is 0 Å². The molecule has 0 aromatic carbocycles. The minimum Gasteiger partial charge on any atom is -0.465 e. The van der Waals surface area contributed by atoms with Crippen LogP contribution in [0.3, 0.4) is 0 Å². The molecule has 2 amide bonds. The number of hydrogen-bond donors (Lipinski definition) is 1. The largest absolute Gasteiger partial charge is 0.465 e. The van der Waals surface area contributed by atoms with E-state index in [9.17, 15) is 18.4 Å². The Hall–Kier alpha value is -1.96. The summed E-state index contributed by atoms with van der Waals surface area (Å²) in [5, 5.41) is 8.97. The van der Waals surface area contributed by atoms with E-state index in [-0.39, 0.29) is 23.8 Å². The van der Waals surface area contributed by atoms with Gasteiger partial charge in [-0.15, -0.1) is 0 Å². The number of likely N-dealkylation sites (N-methyl/N-ethyl adjacent to an activating group) is 1. The molecule has 1 aromatic heterocycles. The molecule has 2 rings (SSSR count). The van der Waals surface area contributed by atoms with Crippen LogP contribution in [0.5, 0.6) is 0 Å². The third-order valence-electron chi connectivity index (χ3n) is 3.27. The first-order valence-corrected chi connectivity index (χ1v) is 6.41. The van der Waals surface area contributed by atoms with Gasteiger partial charge < -0.3 is 10.0 Å². The predicted molar refractivity (Wildman–Crippen MR) is 70.6 cm³/mol. The Balaban J connectivity index is 2.26. The van der Waals surface area contributed by atoms with E-state index in [4.69, 9.17) is 16.7 Å². The van der Waals surface area contributed by atoms with Crippen LogP contribution in [0, 0.1) is 5.82 Å². The van der Waals surface area contributed by atoms with Crippen LogP contribution in [0.1, 0.15) is 6.42 Å². The highest BCUT2D eigenvalue weighted by Crippen LogP contribution is 2.26. The highest BCUT2D eigenvalue weighted by Gasteiger charge is 2.41. The number of rotatable bonds is 2. The molecule has 0 bridgehead atoms. The summed E-state index contributed by atoms with van der Waals surface area (Å²) in [7, 11) is 1.27. The third kappa shape index (κ3) is 3.05. The van der Waals surface area contributed by atoms with Crippen molar-refractivity contribution in [2.75, 3.05) is 18.5 Å². The number of likely N-dealkylation sites (tertiary alicyclic amines) is 1. The molecular formula is C12H12ClF2N3O3. The fourth-order valence-corrected chi connectivity index (χ4v) is 2.39. The number of anilines is 1. The molecule has 1 N–H and O–H groups in total. The molecule has 0 spiro atoms. The van der Waals surface area contributed by atoms with Crippen LogP contribution in [0.15, 0.2) is 12.3 Å². The number of aromatic nitrogens is 1. The number of nitrogens with zero attached hydrogens (tertiary/aromatic N) is 3. The van der Waals surface area contributed by atoms with Crippen molar-refractivity contribution in [1.82, 2.24) is 9.88 Å². The van der Waals surface area contributed by atoms with E-state index < -0.39 is 30.0 Å². The monoisotopic (exact) mass is 319 g/mol. The van der Waals surface area contributed by atoms with E-state index in [1.165, 1.54) is 7.05 Å². The summed E-state index contributed by atoms with van der Waals surface area (Å²) in [6, 6.07) is -0.0456. The van der Waals surface area contributed by atoms with Gasteiger partial charge in [-0.05, 0) is 0 Å². The summed E-state index contributed by atoms with van der Waals surface area (Å²) in [6.45, 7) is -0.376. The van der Waals surface area contributed by atoms with Crippen molar-refractivity contribution in [3.05, 3.63) is 23.2 Å². The predicted octanol–water partition coefficient (Wildman–Crippen LogP) is 1.93. The van der Waals surface area contributed by atoms with E-state index >= 15 is 0 Å². The molecule has 0 radical (unpaired) electrons. The summed E-state index contributed by atoms with van der Waals surface area (Å²) in [6.07, 6.45) is -2.22. The molecule has 0 saturated carbocycles. The lowest BCUT2D eigenvalue weighted by atomic mass is 10.1. The van der Waals surface area contributed by atoms with Crippen molar-refractivity contribution < 1.29 is 23.5 Å². The summed E-state index contributed by atoms with van der Waals surface area (Å²) < 4.78 is 27.1. The summed E-state index contributed by atoms with van der Waals surface area (Å²) >= 11 is 5.65. The smallest absolute Gasteiger partial charge is 0.408 e. The van der Waals surface area contributed by atoms with E-state index in [0.29, 0.717) is 4.90 Å². The van der Waals surface area contributed by atoms with Crippen LogP contribution in [-0.4, -0.2) is 52.8 Å². The first-order chi connectivity index (χ1) is 9.81. The number of halogens is 3. The minimum atomic E-state index is -1.42. The Morgan fingerprint density at radius 1 is 1.57 bits per heavy atom. The first kappa shape index (κ1) is 15.4. The molecule has 114 valence electrons. The number of carboxylic acid groups (broad SMARTS) is 1. The zero-order valence-electron chi connectivity index (χ0n) is 11.0. The maximum atomic E-state index is 13.7. The molecule has 1 aromatic rings. The second-order valence-corrected chi connectivity index (χ2v) is 5.03. The molecule has 1 aliphatic rings. The molecule has 2 atom stereocenters. The van der Waals surface area contributed by atoms with Gasteiger partial charge in [-0.3, -0.25) is 9.69 Å². The van der Waals surface area contributed by atoms with E-state index in [1.807, 2.05) is 0 Å². The van der Waals surface area contributed by atoms with Gasteiger partial charge in [-0.25, -0.2) is 18.6 Å². The molecule has 1 saturated heterocycles. The highest BCUT2D eigenvalue weighted by molar-refractivity contribution is 6.29. The van der Waals surface area contributed by atoms with Crippen LogP contribution in [0.4, 0.5) is 19.3 Å². The van der Waals surface area contributed by atoms with Crippen molar-refractivity contribution >= 4 is 29.3 Å². The van der Waals surface area contributed by atoms with Gasteiger partial charge >= 0.3 is 6.09 Å². The van der Waals surface area contributed by atoms with Crippen LogP contribution in [0.25, 0.3) is 0 Å². The lowest BCUT2D eigenvalue weighted by Gasteiger charge is -2.26. The Morgan fingerprint density at radius 3 is 2.86 bits per heavy atom. The average Bonchev–Trinajstić information content (AvgIpc) is 2.82. The summed E-state index contributed by atoms with van der Waals surface area (Å²) in [4.78, 5) is 28.5. The van der Waals surface area contributed by atoms with Crippen molar-refractivity contribution in [1.29, 1.82) is 0 Å². The molecule has 2 heterocycles. The van der Waals surface area contributed by atoms with Gasteiger partial charge in [0.15, 0.2) is 5.82 Å². The lowest BCUT2D eigenvalue weighted by Crippen LogP contribution is -2.46. The van der Waals surface area contributed by atoms with E-state index in [2.05, 4.69) is 4.98 Å². The molecule has 21 heavy (non-hydrogen) atoms. The highest BCUT2D eigenvalue weighted by atomic mass is 35.5. The average molecular weight is 320 g/mol. The van der Waals surface area contributed by atoms with Gasteiger partial charge in [0.05, 0.1) is 18.4 Å². The fraction of sp³-hybridized carbons (Fsp3) is 0.417. The topological polar surface area (TPSA) is 73.7 Å². The molecule has 9 heteroatoms. The van der Waals surface area contributed by atoms with Crippen molar-refractivity contribution in [3.8, 4) is 0 Å². The molecule has 0 aliphatic carbocycles. The second kappa shape index (κ2) is 5.80. The molecular weight excluding hydrogens is 308 g/mol. The normalized spacial score (nSPS) is 21.4.